The van der Waals surface area contributed by atoms with Crippen LogP contribution in [0, 0.1) is 5.92 Å². The zero-order valence-corrected chi connectivity index (χ0v) is 14.8. The summed E-state index contributed by atoms with van der Waals surface area (Å²) in [5.41, 5.74) is 8.27. The Morgan fingerprint density at radius 3 is 2.39 bits per heavy atom. The Labute approximate surface area is 143 Å². The molecular formula is C19H27N3S. The van der Waals surface area contributed by atoms with Gasteiger partial charge in [-0.15, -0.1) is 10.2 Å². The van der Waals surface area contributed by atoms with Gasteiger partial charge in [0.2, 0.25) is 5.13 Å². The molecule has 124 valence electrons. The summed E-state index contributed by atoms with van der Waals surface area (Å²) < 4.78 is 0. The van der Waals surface area contributed by atoms with Crippen LogP contribution in [0.1, 0.15) is 69.8 Å². The Hall–Kier alpha value is -1.42. The van der Waals surface area contributed by atoms with Crippen LogP contribution < -0.4 is 5.73 Å². The molecule has 1 saturated carbocycles. The fourth-order valence-electron chi connectivity index (χ4n) is 3.72. The predicted molar refractivity (Wildman–Crippen MR) is 98.6 cm³/mol. The molecule has 0 saturated heterocycles. The van der Waals surface area contributed by atoms with Gasteiger partial charge in [-0.05, 0) is 43.1 Å². The van der Waals surface area contributed by atoms with E-state index in [0.29, 0.717) is 5.13 Å². The molecule has 1 aromatic carbocycles. The fraction of sp³-hybridized carbons (Fsp3) is 0.579. The van der Waals surface area contributed by atoms with Crippen molar-refractivity contribution in [2.75, 3.05) is 5.73 Å². The van der Waals surface area contributed by atoms with Crippen molar-refractivity contribution in [1.29, 1.82) is 0 Å². The number of unbranched alkanes of at least 4 members (excludes halogenated alkanes) is 2. The highest BCUT2D eigenvalue weighted by molar-refractivity contribution is 7.18. The van der Waals surface area contributed by atoms with Crippen molar-refractivity contribution >= 4 is 16.5 Å². The highest BCUT2D eigenvalue weighted by atomic mass is 32.1. The summed E-state index contributed by atoms with van der Waals surface area (Å²) in [6.07, 6.45) is 11.1. The smallest absolute Gasteiger partial charge is 0.203 e. The van der Waals surface area contributed by atoms with Crippen LogP contribution in [-0.2, 0) is 0 Å². The first-order valence-electron chi connectivity index (χ1n) is 8.95. The van der Waals surface area contributed by atoms with E-state index in [0.717, 1.165) is 22.4 Å². The maximum atomic E-state index is 5.66. The van der Waals surface area contributed by atoms with Gasteiger partial charge < -0.3 is 5.73 Å². The molecule has 2 aromatic rings. The van der Waals surface area contributed by atoms with Gasteiger partial charge in [0.1, 0.15) is 5.01 Å². The lowest BCUT2D eigenvalue weighted by Gasteiger charge is -2.29. The standard InChI is InChI=1S/C19H27N3S/c1-2-3-4-5-14-6-8-15(9-7-14)16-10-12-17(13-11-16)18-21-22-19(20)23-18/h10-15H,2-9H2,1H3,(H2,20,22). The monoisotopic (exact) mass is 329 g/mol. The van der Waals surface area contributed by atoms with Crippen molar-refractivity contribution < 1.29 is 0 Å². The summed E-state index contributed by atoms with van der Waals surface area (Å²) in [4.78, 5) is 0. The van der Waals surface area contributed by atoms with Crippen molar-refractivity contribution in [2.45, 2.75) is 64.2 Å². The van der Waals surface area contributed by atoms with Crippen LogP contribution >= 0.6 is 11.3 Å². The minimum atomic E-state index is 0.533. The van der Waals surface area contributed by atoms with Gasteiger partial charge in [0.25, 0.3) is 0 Å². The maximum Gasteiger partial charge on any atom is 0.203 e. The number of nitrogens with zero attached hydrogens (tertiary/aromatic N) is 2. The van der Waals surface area contributed by atoms with Crippen LogP contribution in [0.2, 0.25) is 0 Å². The molecule has 0 unspecified atom stereocenters. The summed E-state index contributed by atoms with van der Waals surface area (Å²) in [5.74, 6) is 1.72. The summed E-state index contributed by atoms with van der Waals surface area (Å²) in [6, 6.07) is 8.88. The van der Waals surface area contributed by atoms with Crippen molar-refractivity contribution in [2.24, 2.45) is 5.92 Å². The van der Waals surface area contributed by atoms with Crippen LogP contribution in [0.3, 0.4) is 0 Å². The van der Waals surface area contributed by atoms with E-state index in [1.807, 2.05) is 0 Å². The third-order valence-corrected chi connectivity index (χ3v) is 5.93. The molecule has 3 rings (SSSR count). The lowest BCUT2D eigenvalue weighted by atomic mass is 9.77. The quantitative estimate of drug-likeness (QED) is 0.698. The topological polar surface area (TPSA) is 51.8 Å². The number of hydrogen-bond donors (Lipinski definition) is 1. The zero-order chi connectivity index (χ0) is 16.1. The maximum absolute atomic E-state index is 5.66. The number of hydrogen-bond acceptors (Lipinski definition) is 4. The molecule has 1 fully saturated rings. The summed E-state index contributed by atoms with van der Waals surface area (Å²) in [7, 11) is 0. The van der Waals surface area contributed by atoms with Crippen LogP contribution in [0.15, 0.2) is 24.3 Å². The molecule has 4 heteroatoms. The largest absolute Gasteiger partial charge is 0.374 e. The van der Waals surface area contributed by atoms with Gasteiger partial charge in [0.15, 0.2) is 0 Å². The van der Waals surface area contributed by atoms with E-state index in [4.69, 9.17) is 5.73 Å². The molecule has 0 spiro atoms. The van der Waals surface area contributed by atoms with E-state index in [1.165, 1.54) is 68.3 Å². The van der Waals surface area contributed by atoms with E-state index in [2.05, 4.69) is 41.4 Å². The Bertz CT molecular complexity index is 597. The van der Waals surface area contributed by atoms with Gasteiger partial charge in [-0.1, -0.05) is 68.2 Å². The molecule has 0 amide bonds. The average molecular weight is 330 g/mol. The lowest BCUT2D eigenvalue weighted by Crippen LogP contribution is -2.13. The van der Waals surface area contributed by atoms with Crippen molar-refractivity contribution in [3.05, 3.63) is 29.8 Å². The lowest BCUT2D eigenvalue weighted by molar-refractivity contribution is 0.303. The molecule has 23 heavy (non-hydrogen) atoms. The highest BCUT2D eigenvalue weighted by Gasteiger charge is 2.22. The Kier molecular flexibility index (Phi) is 5.65. The molecule has 0 bridgehead atoms. The minimum Gasteiger partial charge on any atom is -0.374 e. The number of aromatic nitrogens is 2. The van der Waals surface area contributed by atoms with Crippen LogP contribution in [-0.4, -0.2) is 10.2 Å². The van der Waals surface area contributed by atoms with Crippen molar-refractivity contribution in [3.8, 4) is 10.6 Å². The summed E-state index contributed by atoms with van der Waals surface area (Å²) in [5, 5.41) is 9.45. The Morgan fingerprint density at radius 1 is 1.04 bits per heavy atom. The minimum absolute atomic E-state index is 0.533. The average Bonchev–Trinajstić information content (AvgIpc) is 3.02. The van der Waals surface area contributed by atoms with Gasteiger partial charge in [0.05, 0.1) is 0 Å². The molecular weight excluding hydrogens is 302 g/mol. The SMILES string of the molecule is CCCCCC1CCC(c2ccc(-c3nnc(N)s3)cc2)CC1. The molecule has 1 aromatic heterocycles. The molecule has 0 radical (unpaired) electrons. The van der Waals surface area contributed by atoms with E-state index in [-0.39, 0.29) is 0 Å². The van der Waals surface area contributed by atoms with E-state index < -0.39 is 0 Å². The second kappa shape index (κ2) is 7.91. The van der Waals surface area contributed by atoms with Gasteiger partial charge >= 0.3 is 0 Å². The Balaban J connectivity index is 1.54. The number of benzene rings is 1. The molecule has 3 nitrogen and oxygen atoms in total. The zero-order valence-electron chi connectivity index (χ0n) is 14.0. The number of nitrogen functional groups attached to an aromatic ring is 1. The first-order valence-corrected chi connectivity index (χ1v) is 9.77. The van der Waals surface area contributed by atoms with E-state index in [1.54, 1.807) is 0 Å². The second-order valence-electron chi connectivity index (χ2n) is 6.78. The molecule has 1 heterocycles. The van der Waals surface area contributed by atoms with E-state index >= 15 is 0 Å². The van der Waals surface area contributed by atoms with Gasteiger partial charge in [-0.2, -0.15) is 0 Å². The third kappa shape index (κ3) is 4.31. The summed E-state index contributed by atoms with van der Waals surface area (Å²) in [6.45, 7) is 2.29. The first kappa shape index (κ1) is 16.4. The van der Waals surface area contributed by atoms with Crippen molar-refractivity contribution in [1.82, 2.24) is 10.2 Å². The van der Waals surface area contributed by atoms with Crippen molar-refractivity contribution in [3.63, 3.8) is 0 Å². The fourth-order valence-corrected chi connectivity index (χ4v) is 4.33. The molecule has 2 N–H and O–H groups in total. The third-order valence-electron chi connectivity index (χ3n) is 5.13. The predicted octanol–water partition coefficient (Wildman–Crippen LogP) is 5.64. The molecule has 1 aliphatic carbocycles. The van der Waals surface area contributed by atoms with Gasteiger partial charge in [-0.3, -0.25) is 0 Å². The van der Waals surface area contributed by atoms with Crippen LogP contribution in [0.5, 0.6) is 0 Å². The number of anilines is 1. The van der Waals surface area contributed by atoms with Gasteiger partial charge in [0, 0.05) is 5.56 Å². The Morgan fingerprint density at radius 2 is 1.78 bits per heavy atom. The summed E-state index contributed by atoms with van der Waals surface area (Å²) >= 11 is 1.45. The number of rotatable bonds is 6. The molecule has 0 aliphatic heterocycles. The molecule has 1 aliphatic rings. The molecule has 0 atom stereocenters. The van der Waals surface area contributed by atoms with Crippen LogP contribution in [0.4, 0.5) is 5.13 Å². The first-order chi connectivity index (χ1) is 11.3. The highest BCUT2D eigenvalue weighted by Crippen LogP contribution is 2.38. The van der Waals surface area contributed by atoms with Crippen LogP contribution in [0.25, 0.3) is 10.6 Å². The second-order valence-corrected chi connectivity index (χ2v) is 7.79. The van der Waals surface area contributed by atoms with Gasteiger partial charge in [-0.25, -0.2) is 0 Å². The van der Waals surface area contributed by atoms with E-state index in [9.17, 15) is 0 Å². The number of nitrogens with two attached hydrogens (primary N) is 1. The normalized spacial score (nSPS) is 21.4.